The summed E-state index contributed by atoms with van der Waals surface area (Å²) in [6, 6.07) is 15.3. The Bertz CT molecular complexity index is 517. The number of benzene rings is 2. The van der Waals surface area contributed by atoms with Crippen molar-refractivity contribution in [3.05, 3.63) is 53.0 Å². The van der Waals surface area contributed by atoms with Crippen LogP contribution in [-0.4, -0.2) is 13.2 Å². The second kappa shape index (κ2) is 7.04. The molecule has 0 heterocycles. The number of para-hydroxylation sites is 1. The molecule has 0 radical (unpaired) electrons. The van der Waals surface area contributed by atoms with Crippen molar-refractivity contribution in [2.75, 3.05) is 18.9 Å². The summed E-state index contributed by atoms with van der Waals surface area (Å²) in [6.07, 6.45) is 0.810. The highest BCUT2D eigenvalue weighted by atomic mass is 79.9. The Morgan fingerprint density at radius 3 is 2.42 bits per heavy atom. The summed E-state index contributed by atoms with van der Waals surface area (Å²) in [7, 11) is 0. The molecular formula is C15H16BrNO2. The van der Waals surface area contributed by atoms with Crippen molar-refractivity contribution in [2.45, 2.75) is 6.42 Å². The van der Waals surface area contributed by atoms with Gasteiger partial charge in [0.1, 0.15) is 11.5 Å². The molecule has 0 saturated carbocycles. The van der Waals surface area contributed by atoms with Crippen molar-refractivity contribution in [1.82, 2.24) is 0 Å². The van der Waals surface area contributed by atoms with Crippen LogP contribution in [0.2, 0.25) is 0 Å². The molecule has 2 aromatic rings. The molecule has 0 spiro atoms. The van der Waals surface area contributed by atoms with E-state index in [-0.39, 0.29) is 0 Å². The molecule has 19 heavy (non-hydrogen) atoms. The lowest BCUT2D eigenvalue weighted by molar-refractivity contribution is 0.248. The lowest BCUT2D eigenvalue weighted by Gasteiger charge is -2.10. The van der Waals surface area contributed by atoms with Gasteiger partial charge in [0, 0.05) is 10.9 Å². The maximum atomic E-state index is 5.84. The molecule has 100 valence electrons. The zero-order valence-corrected chi connectivity index (χ0v) is 12.1. The van der Waals surface area contributed by atoms with Crippen LogP contribution in [0.4, 0.5) is 5.69 Å². The van der Waals surface area contributed by atoms with Gasteiger partial charge < -0.3 is 15.2 Å². The van der Waals surface area contributed by atoms with Gasteiger partial charge in [-0.05, 0) is 30.3 Å². The molecule has 0 saturated heterocycles. The van der Waals surface area contributed by atoms with Gasteiger partial charge in [-0.3, -0.25) is 0 Å². The number of rotatable bonds is 6. The van der Waals surface area contributed by atoms with Gasteiger partial charge in [-0.25, -0.2) is 0 Å². The predicted molar refractivity (Wildman–Crippen MR) is 80.6 cm³/mol. The minimum Gasteiger partial charge on any atom is -0.493 e. The Kier molecular flexibility index (Phi) is 5.10. The first kappa shape index (κ1) is 13.7. The molecule has 0 fully saturated rings. The third-order valence-corrected chi connectivity index (χ3v) is 3.02. The molecule has 4 heteroatoms. The molecule has 0 aliphatic carbocycles. The minimum atomic E-state index is 0.582. The Morgan fingerprint density at radius 1 is 0.947 bits per heavy atom. The number of nitrogen functional groups attached to an aromatic ring is 1. The van der Waals surface area contributed by atoms with Crippen molar-refractivity contribution < 1.29 is 9.47 Å². The average Bonchev–Trinajstić information content (AvgIpc) is 2.42. The third-order valence-electron chi connectivity index (χ3n) is 2.53. The van der Waals surface area contributed by atoms with Gasteiger partial charge in [0.05, 0.1) is 18.9 Å². The molecule has 0 aliphatic rings. The monoisotopic (exact) mass is 321 g/mol. The van der Waals surface area contributed by atoms with E-state index < -0.39 is 0 Å². The lowest BCUT2D eigenvalue weighted by atomic mass is 10.3. The van der Waals surface area contributed by atoms with Crippen LogP contribution >= 0.6 is 15.9 Å². The number of halogens is 1. The summed E-state index contributed by atoms with van der Waals surface area (Å²) in [6.45, 7) is 1.21. The van der Waals surface area contributed by atoms with Crippen LogP contribution in [0.25, 0.3) is 0 Å². The zero-order valence-electron chi connectivity index (χ0n) is 10.5. The maximum absolute atomic E-state index is 5.84. The van der Waals surface area contributed by atoms with E-state index in [1.54, 1.807) is 0 Å². The average molecular weight is 322 g/mol. The molecular weight excluding hydrogens is 306 g/mol. The predicted octanol–water partition coefficient (Wildman–Crippen LogP) is 3.88. The Labute approximate surface area is 121 Å². The smallest absolute Gasteiger partial charge is 0.142 e. The highest BCUT2D eigenvalue weighted by molar-refractivity contribution is 9.10. The van der Waals surface area contributed by atoms with E-state index in [9.17, 15) is 0 Å². The fourth-order valence-corrected chi connectivity index (χ4v) is 1.98. The Balaban J connectivity index is 1.69. The summed E-state index contributed by atoms with van der Waals surface area (Å²) in [4.78, 5) is 0. The van der Waals surface area contributed by atoms with Crippen LogP contribution in [0.15, 0.2) is 53.0 Å². The Hall–Kier alpha value is -1.68. The van der Waals surface area contributed by atoms with Gasteiger partial charge in [0.15, 0.2) is 0 Å². The summed E-state index contributed by atoms with van der Waals surface area (Å²) >= 11 is 3.36. The van der Waals surface area contributed by atoms with E-state index in [1.807, 2.05) is 48.5 Å². The largest absolute Gasteiger partial charge is 0.493 e. The van der Waals surface area contributed by atoms with E-state index in [0.717, 1.165) is 16.6 Å². The second-order valence-corrected chi connectivity index (χ2v) is 4.96. The molecule has 2 N–H and O–H groups in total. The van der Waals surface area contributed by atoms with Crippen molar-refractivity contribution in [2.24, 2.45) is 0 Å². The summed E-state index contributed by atoms with van der Waals surface area (Å²) < 4.78 is 12.1. The summed E-state index contributed by atoms with van der Waals surface area (Å²) in [5, 5.41) is 0. The molecule has 2 rings (SSSR count). The first-order chi connectivity index (χ1) is 9.25. The molecule has 0 unspecified atom stereocenters. The van der Waals surface area contributed by atoms with Crippen molar-refractivity contribution in [1.29, 1.82) is 0 Å². The normalized spacial score (nSPS) is 10.2. The van der Waals surface area contributed by atoms with Crippen LogP contribution in [0.1, 0.15) is 6.42 Å². The fourth-order valence-electron chi connectivity index (χ4n) is 1.60. The van der Waals surface area contributed by atoms with E-state index in [0.29, 0.717) is 24.7 Å². The second-order valence-electron chi connectivity index (χ2n) is 4.05. The van der Waals surface area contributed by atoms with E-state index in [4.69, 9.17) is 15.2 Å². The van der Waals surface area contributed by atoms with Crippen molar-refractivity contribution in [3.8, 4) is 11.5 Å². The van der Waals surface area contributed by atoms with Crippen LogP contribution in [-0.2, 0) is 0 Å². The first-order valence-corrected chi connectivity index (χ1v) is 6.90. The molecule has 3 nitrogen and oxygen atoms in total. The van der Waals surface area contributed by atoms with Gasteiger partial charge in [-0.1, -0.05) is 34.1 Å². The quantitative estimate of drug-likeness (QED) is 0.648. The summed E-state index contributed by atoms with van der Waals surface area (Å²) in [5.41, 5.74) is 6.48. The fraction of sp³-hybridized carbons (Fsp3) is 0.200. The third kappa shape index (κ3) is 4.48. The highest BCUT2D eigenvalue weighted by Crippen LogP contribution is 2.25. The van der Waals surface area contributed by atoms with Crippen LogP contribution < -0.4 is 15.2 Å². The first-order valence-electron chi connectivity index (χ1n) is 6.11. The van der Waals surface area contributed by atoms with E-state index in [1.165, 1.54) is 0 Å². The zero-order chi connectivity index (χ0) is 13.5. The van der Waals surface area contributed by atoms with E-state index >= 15 is 0 Å². The van der Waals surface area contributed by atoms with Crippen LogP contribution in [0.5, 0.6) is 11.5 Å². The van der Waals surface area contributed by atoms with Crippen LogP contribution in [0, 0.1) is 0 Å². The minimum absolute atomic E-state index is 0.582. The van der Waals surface area contributed by atoms with E-state index in [2.05, 4.69) is 15.9 Å². The highest BCUT2D eigenvalue weighted by Gasteiger charge is 2.00. The number of hydrogen-bond donors (Lipinski definition) is 1. The number of hydrogen-bond acceptors (Lipinski definition) is 3. The molecule has 0 atom stereocenters. The van der Waals surface area contributed by atoms with Gasteiger partial charge in [0.25, 0.3) is 0 Å². The topological polar surface area (TPSA) is 44.5 Å². The summed E-state index contributed by atoms with van der Waals surface area (Å²) in [5.74, 6) is 1.59. The standard InChI is InChI=1S/C15H16BrNO2/c16-12-7-8-15(14(17)11-12)19-10-4-9-18-13-5-2-1-3-6-13/h1-3,5-8,11H,4,9-10,17H2. The maximum Gasteiger partial charge on any atom is 0.142 e. The van der Waals surface area contributed by atoms with Gasteiger partial charge in [0.2, 0.25) is 0 Å². The van der Waals surface area contributed by atoms with Crippen molar-refractivity contribution in [3.63, 3.8) is 0 Å². The van der Waals surface area contributed by atoms with Gasteiger partial charge in [-0.2, -0.15) is 0 Å². The molecule has 0 aromatic heterocycles. The number of nitrogens with two attached hydrogens (primary N) is 1. The Morgan fingerprint density at radius 2 is 1.68 bits per heavy atom. The van der Waals surface area contributed by atoms with Crippen molar-refractivity contribution >= 4 is 21.6 Å². The van der Waals surface area contributed by atoms with Gasteiger partial charge in [-0.15, -0.1) is 0 Å². The van der Waals surface area contributed by atoms with Gasteiger partial charge >= 0.3 is 0 Å². The molecule has 2 aromatic carbocycles. The molecule has 0 aliphatic heterocycles. The SMILES string of the molecule is Nc1cc(Br)ccc1OCCCOc1ccccc1. The molecule has 0 amide bonds. The lowest BCUT2D eigenvalue weighted by Crippen LogP contribution is -2.06. The number of ether oxygens (including phenoxy) is 2. The van der Waals surface area contributed by atoms with Crippen LogP contribution in [0.3, 0.4) is 0 Å². The number of anilines is 1. The molecule has 0 bridgehead atoms.